The highest BCUT2D eigenvalue weighted by molar-refractivity contribution is 14.1. The van der Waals surface area contributed by atoms with E-state index in [9.17, 15) is 0 Å². The van der Waals surface area contributed by atoms with Gasteiger partial charge in [0.2, 0.25) is 0 Å². The molecule has 0 fully saturated rings. The van der Waals surface area contributed by atoms with Gasteiger partial charge in [0.15, 0.2) is 0 Å². The Hall–Kier alpha value is -0.140. The van der Waals surface area contributed by atoms with Gasteiger partial charge in [-0.2, -0.15) is 12.6 Å². The van der Waals surface area contributed by atoms with Crippen molar-refractivity contribution in [2.75, 3.05) is 0 Å². The number of halogens is 1. The van der Waals surface area contributed by atoms with Crippen molar-refractivity contribution in [3.63, 3.8) is 0 Å². The topological polar surface area (TPSA) is 0 Å². The van der Waals surface area contributed by atoms with Gasteiger partial charge in [-0.1, -0.05) is 6.07 Å². The van der Waals surface area contributed by atoms with E-state index >= 15 is 0 Å². The molecule has 0 saturated carbocycles. The summed E-state index contributed by atoms with van der Waals surface area (Å²) >= 11 is 6.59. The van der Waals surface area contributed by atoms with Crippen molar-refractivity contribution in [3.05, 3.63) is 32.4 Å². The molecule has 0 nitrogen and oxygen atoms in total. The van der Waals surface area contributed by atoms with Crippen LogP contribution in [-0.4, -0.2) is 0 Å². The minimum absolute atomic E-state index is 0.712. The predicted molar refractivity (Wildman–Crippen MR) is 69.1 cm³/mol. The lowest BCUT2D eigenvalue weighted by molar-refractivity contribution is 1.20. The normalized spacial score (nSPS) is 9.69. The smallest absolute Gasteiger partial charge is 0.0340 e. The lowest BCUT2D eigenvalue weighted by atomic mass is 10.0. The highest BCUT2D eigenvalue weighted by atomic mass is 127. The van der Waals surface area contributed by atoms with Gasteiger partial charge in [-0.25, -0.2) is 0 Å². The Labute approximate surface area is 98.7 Å². The van der Waals surface area contributed by atoms with Gasteiger partial charge in [0.1, 0.15) is 0 Å². The van der Waals surface area contributed by atoms with Gasteiger partial charge >= 0.3 is 0 Å². The second-order valence-corrected chi connectivity index (χ2v) is 4.38. The molecule has 1 aromatic rings. The van der Waals surface area contributed by atoms with E-state index in [0.29, 0.717) is 6.42 Å². The summed E-state index contributed by atoms with van der Waals surface area (Å²) in [5.74, 6) is 3.45. The SMILES string of the molecule is C#CCc1cc(CS)cc(I)c1C. The summed E-state index contributed by atoms with van der Waals surface area (Å²) in [6.45, 7) is 2.11. The van der Waals surface area contributed by atoms with E-state index in [-0.39, 0.29) is 0 Å². The molecule has 0 spiro atoms. The lowest BCUT2D eigenvalue weighted by Gasteiger charge is -2.07. The summed E-state index contributed by atoms with van der Waals surface area (Å²) in [6.07, 6.45) is 6.01. The molecule has 0 amide bonds. The third kappa shape index (κ3) is 2.65. The van der Waals surface area contributed by atoms with Crippen LogP contribution in [0.25, 0.3) is 0 Å². The predicted octanol–water partition coefficient (Wildman–Crippen LogP) is 3.21. The lowest BCUT2D eigenvalue weighted by Crippen LogP contribution is -1.93. The molecule has 13 heavy (non-hydrogen) atoms. The van der Waals surface area contributed by atoms with Gasteiger partial charge in [-0.15, -0.1) is 12.3 Å². The van der Waals surface area contributed by atoms with E-state index in [1.807, 2.05) is 0 Å². The van der Waals surface area contributed by atoms with Crippen molar-refractivity contribution in [3.8, 4) is 12.3 Å². The van der Waals surface area contributed by atoms with Crippen LogP contribution in [0.3, 0.4) is 0 Å². The van der Waals surface area contributed by atoms with Crippen molar-refractivity contribution in [2.24, 2.45) is 0 Å². The average molecular weight is 302 g/mol. The first-order chi connectivity index (χ1) is 6.19. The molecule has 0 aromatic heterocycles. The van der Waals surface area contributed by atoms with Gasteiger partial charge < -0.3 is 0 Å². The first kappa shape index (κ1) is 10.9. The maximum atomic E-state index is 5.30. The van der Waals surface area contributed by atoms with Gasteiger partial charge in [0.05, 0.1) is 0 Å². The zero-order valence-electron chi connectivity index (χ0n) is 7.47. The molecule has 0 aliphatic rings. The van der Waals surface area contributed by atoms with Crippen LogP contribution in [0.15, 0.2) is 12.1 Å². The van der Waals surface area contributed by atoms with E-state index < -0.39 is 0 Å². The Balaban J connectivity index is 3.18. The minimum Gasteiger partial charge on any atom is -0.175 e. The van der Waals surface area contributed by atoms with E-state index in [1.54, 1.807) is 0 Å². The van der Waals surface area contributed by atoms with Gasteiger partial charge in [-0.3, -0.25) is 0 Å². The second-order valence-electron chi connectivity index (χ2n) is 2.90. The summed E-state index contributed by atoms with van der Waals surface area (Å²) < 4.78 is 1.27. The second kappa shape index (κ2) is 4.92. The van der Waals surface area contributed by atoms with Crippen molar-refractivity contribution in [1.29, 1.82) is 0 Å². The number of benzene rings is 1. The first-order valence-electron chi connectivity index (χ1n) is 4.01. The third-order valence-electron chi connectivity index (χ3n) is 1.99. The van der Waals surface area contributed by atoms with Crippen molar-refractivity contribution < 1.29 is 0 Å². The first-order valence-corrected chi connectivity index (χ1v) is 5.72. The van der Waals surface area contributed by atoms with Crippen LogP contribution in [0.2, 0.25) is 0 Å². The largest absolute Gasteiger partial charge is 0.175 e. The molecule has 0 aliphatic carbocycles. The molecule has 0 unspecified atom stereocenters. The maximum absolute atomic E-state index is 5.30. The number of hydrogen-bond acceptors (Lipinski definition) is 1. The molecule has 0 aliphatic heterocycles. The molecule has 0 bridgehead atoms. The van der Waals surface area contributed by atoms with Crippen LogP contribution in [0.4, 0.5) is 0 Å². The Bertz CT molecular complexity index is 350. The van der Waals surface area contributed by atoms with Crippen LogP contribution in [0.1, 0.15) is 16.7 Å². The summed E-state index contributed by atoms with van der Waals surface area (Å²) in [5.41, 5.74) is 3.78. The van der Waals surface area contributed by atoms with Crippen molar-refractivity contribution in [2.45, 2.75) is 19.1 Å². The van der Waals surface area contributed by atoms with Crippen LogP contribution in [-0.2, 0) is 12.2 Å². The highest BCUT2D eigenvalue weighted by Crippen LogP contribution is 2.20. The fourth-order valence-electron chi connectivity index (χ4n) is 1.18. The number of terminal acetylenes is 1. The monoisotopic (exact) mass is 302 g/mol. The van der Waals surface area contributed by atoms with Crippen LogP contribution < -0.4 is 0 Å². The molecule has 68 valence electrons. The molecule has 1 aromatic carbocycles. The Kier molecular flexibility index (Phi) is 4.14. The molecule has 0 heterocycles. The summed E-state index contributed by atoms with van der Waals surface area (Å²) in [7, 11) is 0. The molecule has 0 atom stereocenters. The molecule has 1 rings (SSSR count). The zero-order valence-corrected chi connectivity index (χ0v) is 10.5. The number of thiol groups is 1. The number of hydrogen-bond donors (Lipinski definition) is 1. The van der Waals surface area contributed by atoms with E-state index in [0.717, 1.165) is 5.75 Å². The number of rotatable bonds is 2. The van der Waals surface area contributed by atoms with E-state index in [4.69, 9.17) is 6.42 Å². The van der Waals surface area contributed by atoms with Crippen LogP contribution in [0, 0.1) is 22.8 Å². The molecule has 2 heteroatoms. The Morgan fingerprint density at radius 2 is 2.23 bits per heavy atom. The zero-order chi connectivity index (χ0) is 9.84. The maximum Gasteiger partial charge on any atom is 0.0340 e. The Morgan fingerprint density at radius 3 is 2.77 bits per heavy atom. The molecule has 0 saturated heterocycles. The van der Waals surface area contributed by atoms with Crippen molar-refractivity contribution in [1.82, 2.24) is 0 Å². The van der Waals surface area contributed by atoms with Crippen LogP contribution >= 0.6 is 35.2 Å². The fraction of sp³-hybridized carbons (Fsp3) is 0.273. The summed E-state index contributed by atoms with van der Waals surface area (Å²) in [4.78, 5) is 0. The van der Waals surface area contributed by atoms with Crippen molar-refractivity contribution >= 4 is 35.2 Å². The highest BCUT2D eigenvalue weighted by Gasteiger charge is 2.03. The Morgan fingerprint density at radius 1 is 1.54 bits per heavy atom. The van der Waals surface area contributed by atoms with Gasteiger partial charge in [0, 0.05) is 15.7 Å². The van der Waals surface area contributed by atoms with Gasteiger partial charge in [-0.05, 0) is 52.3 Å². The fourth-order valence-corrected chi connectivity index (χ4v) is 2.11. The standard InChI is InChI=1S/C11H11IS/c1-3-4-10-5-9(7-13)6-11(12)8(10)2/h1,5-6,13H,4,7H2,2H3. The van der Waals surface area contributed by atoms with E-state index in [1.165, 1.54) is 20.3 Å². The molecule has 0 N–H and O–H groups in total. The van der Waals surface area contributed by atoms with E-state index in [2.05, 4.69) is 60.2 Å². The van der Waals surface area contributed by atoms with Gasteiger partial charge in [0.25, 0.3) is 0 Å². The quantitative estimate of drug-likeness (QED) is 0.484. The molecule has 0 radical (unpaired) electrons. The molecular formula is C11H11IS. The summed E-state index contributed by atoms with van der Waals surface area (Å²) in [6, 6.07) is 4.30. The van der Waals surface area contributed by atoms with Crippen LogP contribution in [0.5, 0.6) is 0 Å². The minimum atomic E-state index is 0.712. The molecular weight excluding hydrogens is 291 g/mol. The average Bonchev–Trinajstić information content (AvgIpc) is 2.13. The third-order valence-corrected chi connectivity index (χ3v) is 3.47. The summed E-state index contributed by atoms with van der Waals surface area (Å²) in [5, 5.41) is 0.